The van der Waals surface area contributed by atoms with Gasteiger partial charge in [0.05, 0.1) is 13.0 Å². The largest absolute Gasteiger partial charge is 0.494 e. The molecule has 0 bridgehead atoms. The summed E-state index contributed by atoms with van der Waals surface area (Å²) < 4.78 is 18.3. The van der Waals surface area contributed by atoms with Crippen LogP contribution in [-0.4, -0.2) is 31.5 Å². The Labute approximate surface area is 164 Å². The van der Waals surface area contributed by atoms with E-state index in [2.05, 4.69) is 5.32 Å². The van der Waals surface area contributed by atoms with Crippen molar-refractivity contribution in [2.45, 2.75) is 32.1 Å². The Morgan fingerprint density at radius 3 is 2.50 bits per heavy atom. The van der Waals surface area contributed by atoms with Crippen LogP contribution in [0.25, 0.3) is 0 Å². The molecule has 0 atom stereocenters. The second kappa shape index (κ2) is 9.88. The maximum atomic E-state index is 12.8. The summed E-state index contributed by atoms with van der Waals surface area (Å²) in [5, 5.41) is 2.91. The van der Waals surface area contributed by atoms with Crippen LogP contribution >= 0.6 is 0 Å². The van der Waals surface area contributed by atoms with Gasteiger partial charge in [0.2, 0.25) is 11.8 Å². The molecule has 0 saturated carbocycles. The summed E-state index contributed by atoms with van der Waals surface area (Å²) in [4.78, 5) is 25.6. The van der Waals surface area contributed by atoms with Crippen molar-refractivity contribution >= 4 is 17.5 Å². The molecule has 5 nitrogen and oxygen atoms in total. The molecule has 1 N–H and O–H groups in total. The fourth-order valence-corrected chi connectivity index (χ4v) is 3.14. The molecule has 1 saturated heterocycles. The minimum atomic E-state index is -0.283. The average Bonchev–Trinajstić information content (AvgIpc) is 3.12. The summed E-state index contributed by atoms with van der Waals surface area (Å²) in [6.07, 6.45) is 3.44. The summed E-state index contributed by atoms with van der Waals surface area (Å²) in [7, 11) is 0. The van der Waals surface area contributed by atoms with Gasteiger partial charge in [0.1, 0.15) is 11.6 Å². The molecular formula is C22H25FN2O3. The van der Waals surface area contributed by atoms with Crippen LogP contribution in [0, 0.1) is 5.82 Å². The lowest BCUT2D eigenvalue weighted by Crippen LogP contribution is -2.26. The van der Waals surface area contributed by atoms with Gasteiger partial charge >= 0.3 is 0 Å². The predicted octanol–water partition coefficient (Wildman–Crippen LogP) is 3.47. The van der Waals surface area contributed by atoms with E-state index < -0.39 is 0 Å². The maximum absolute atomic E-state index is 12.8. The van der Waals surface area contributed by atoms with Gasteiger partial charge < -0.3 is 15.0 Å². The molecule has 1 heterocycles. The molecule has 2 amide bonds. The van der Waals surface area contributed by atoms with Crippen molar-refractivity contribution < 1.29 is 18.7 Å². The van der Waals surface area contributed by atoms with E-state index >= 15 is 0 Å². The third kappa shape index (κ3) is 5.81. The highest BCUT2D eigenvalue weighted by Crippen LogP contribution is 2.21. The SMILES string of the molecule is O=C(Cc1ccc(N2CCCC2=O)cc1)NCCCCOc1ccc(F)cc1. The lowest BCUT2D eigenvalue weighted by Gasteiger charge is -2.15. The molecule has 6 heteroatoms. The highest BCUT2D eigenvalue weighted by molar-refractivity contribution is 5.95. The van der Waals surface area contributed by atoms with Crippen molar-refractivity contribution in [1.82, 2.24) is 5.32 Å². The van der Waals surface area contributed by atoms with E-state index in [1.807, 2.05) is 24.3 Å². The number of rotatable bonds is 9. The summed E-state index contributed by atoms with van der Waals surface area (Å²) in [6, 6.07) is 13.5. The molecular weight excluding hydrogens is 359 g/mol. The smallest absolute Gasteiger partial charge is 0.227 e. The molecule has 3 rings (SSSR count). The van der Waals surface area contributed by atoms with Gasteiger partial charge in [0.15, 0.2) is 0 Å². The number of hydrogen-bond acceptors (Lipinski definition) is 3. The number of unbranched alkanes of at least 4 members (excludes halogenated alkanes) is 1. The van der Waals surface area contributed by atoms with Crippen LogP contribution < -0.4 is 15.0 Å². The molecule has 1 fully saturated rings. The number of hydrogen-bond donors (Lipinski definition) is 1. The quantitative estimate of drug-likeness (QED) is 0.674. The number of ether oxygens (including phenoxy) is 1. The highest BCUT2D eigenvalue weighted by Gasteiger charge is 2.21. The lowest BCUT2D eigenvalue weighted by molar-refractivity contribution is -0.120. The minimum Gasteiger partial charge on any atom is -0.494 e. The molecule has 2 aromatic rings. The molecule has 1 aliphatic rings. The van der Waals surface area contributed by atoms with Crippen molar-refractivity contribution in [1.29, 1.82) is 0 Å². The van der Waals surface area contributed by atoms with Crippen molar-refractivity contribution in [3.05, 3.63) is 59.9 Å². The second-order valence-corrected chi connectivity index (χ2v) is 6.85. The van der Waals surface area contributed by atoms with Crippen LogP contribution in [0.2, 0.25) is 0 Å². The average molecular weight is 384 g/mol. The molecule has 28 heavy (non-hydrogen) atoms. The van der Waals surface area contributed by atoms with Gasteiger partial charge in [-0.3, -0.25) is 9.59 Å². The van der Waals surface area contributed by atoms with Gasteiger partial charge in [-0.15, -0.1) is 0 Å². The van der Waals surface area contributed by atoms with E-state index in [-0.39, 0.29) is 17.6 Å². The van der Waals surface area contributed by atoms with Crippen LogP contribution in [-0.2, 0) is 16.0 Å². The molecule has 148 valence electrons. The van der Waals surface area contributed by atoms with E-state index in [0.29, 0.717) is 31.7 Å². The fourth-order valence-electron chi connectivity index (χ4n) is 3.14. The lowest BCUT2D eigenvalue weighted by atomic mass is 10.1. The summed E-state index contributed by atoms with van der Waals surface area (Å²) in [5.41, 5.74) is 1.82. The van der Waals surface area contributed by atoms with Crippen LogP contribution in [0.4, 0.5) is 10.1 Å². The summed E-state index contributed by atoms with van der Waals surface area (Å²) in [5.74, 6) is 0.497. The Bertz CT molecular complexity index is 790. The summed E-state index contributed by atoms with van der Waals surface area (Å²) >= 11 is 0. The molecule has 0 aliphatic carbocycles. The maximum Gasteiger partial charge on any atom is 0.227 e. The highest BCUT2D eigenvalue weighted by atomic mass is 19.1. The van der Waals surface area contributed by atoms with Gasteiger partial charge in [-0.2, -0.15) is 0 Å². The first-order valence-corrected chi connectivity index (χ1v) is 9.66. The molecule has 0 radical (unpaired) electrons. The first-order chi connectivity index (χ1) is 13.6. The van der Waals surface area contributed by atoms with Gasteiger partial charge in [0, 0.05) is 25.2 Å². The fraction of sp³-hybridized carbons (Fsp3) is 0.364. The third-order valence-corrected chi connectivity index (χ3v) is 4.66. The summed E-state index contributed by atoms with van der Waals surface area (Å²) in [6.45, 7) is 1.88. The Kier molecular flexibility index (Phi) is 7.00. The standard InChI is InChI=1S/C22H25FN2O3/c23-18-7-11-20(12-8-18)28-15-2-1-13-24-21(26)16-17-5-9-19(10-6-17)25-14-3-4-22(25)27/h5-12H,1-4,13-16H2,(H,24,26). The number of nitrogens with one attached hydrogen (secondary N) is 1. The minimum absolute atomic E-state index is 0.0237. The Morgan fingerprint density at radius 1 is 1.07 bits per heavy atom. The number of carbonyl (C=O) groups is 2. The normalized spacial score (nSPS) is 13.6. The number of amides is 2. The molecule has 0 spiro atoms. The van der Waals surface area contributed by atoms with Crippen LogP contribution in [0.15, 0.2) is 48.5 Å². The first-order valence-electron chi connectivity index (χ1n) is 9.66. The van der Waals surface area contributed by atoms with E-state index in [9.17, 15) is 14.0 Å². The number of halogens is 1. The Morgan fingerprint density at radius 2 is 1.82 bits per heavy atom. The zero-order chi connectivity index (χ0) is 19.8. The molecule has 0 unspecified atom stereocenters. The number of carbonyl (C=O) groups excluding carboxylic acids is 2. The second-order valence-electron chi connectivity index (χ2n) is 6.85. The van der Waals surface area contributed by atoms with Crippen LogP contribution in [0.5, 0.6) is 5.75 Å². The zero-order valence-electron chi connectivity index (χ0n) is 15.8. The zero-order valence-corrected chi connectivity index (χ0v) is 15.8. The number of anilines is 1. The predicted molar refractivity (Wildman–Crippen MR) is 106 cm³/mol. The van der Waals surface area contributed by atoms with Gasteiger partial charge in [-0.05, 0) is 61.2 Å². The molecule has 1 aliphatic heterocycles. The van der Waals surface area contributed by atoms with E-state index in [1.165, 1.54) is 12.1 Å². The molecule has 2 aromatic carbocycles. The van der Waals surface area contributed by atoms with Crippen LogP contribution in [0.1, 0.15) is 31.2 Å². The molecule has 0 aromatic heterocycles. The Balaban J connectivity index is 1.31. The van der Waals surface area contributed by atoms with Gasteiger partial charge in [-0.1, -0.05) is 12.1 Å². The van der Waals surface area contributed by atoms with Crippen molar-refractivity contribution in [3.8, 4) is 5.75 Å². The third-order valence-electron chi connectivity index (χ3n) is 4.66. The first kappa shape index (κ1) is 19.9. The van der Waals surface area contributed by atoms with Crippen molar-refractivity contribution in [3.63, 3.8) is 0 Å². The van der Waals surface area contributed by atoms with Gasteiger partial charge in [0.25, 0.3) is 0 Å². The van der Waals surface area contributed by atoms with Crippen molar-refractivity contribution in [2.24, 2.45) is 0 Å². The van der Waals surface area contributed by atoms with Crippen molar-refractivity contribution in [2.75, 3.05) is 24.6 Å². The van der Waals surface area contributed by atoms with E-state index in [4.69, 9.17) is 4.74 Å². The number of nitrogens with zero attached hydrogens (tertiary/aromatic N) is 1. The van der Waals surface area contributed by atoms with Gasteiger partial charge in [-0.25, -0.2) is 4.39 Å². The van der Waals surface area contributed by atoms with E-state index in [0.717, 1.165) is 37.1 Å². The van der Waals surface area contributed by atoms with Crippen LogP contribution in [0.3, 0.4) is 0 Å². The topological polar surface area (TPSA) is 58.6 Å². The van der Waals surface area contributed by atoms with E-state index in [1.54, 1.807) is 17.0 Å². The monoisotopic (exact) mass is 384 g/mol. The Hall–Kier alpha value is -2.89. The number of benzene rings is 2.